The topological polar surface area (TPSA) is 96.5 Å². The van der Waals surface area contributed by atoms with Crippen molar-refractivity contribution in [3.63, 3.8) is 0 Å². The summed E-state index contributed by atoms with van der Waals surface area (Å²) in [6, 6.07) is 5.36. The van der Waals surface area contributed by atoms with Gasteiger partial charge in [0.2, 0.25) is 0 Å². The van der Waals surface area contributed by atoms with Gasteiger partial charge >= 0.3 is 5.97 Å². The molecule has 1 aromatic rings. The summed E-state index contributed by atoms with van der Waals surface area (Å²) < 4.78 is 0. The molecule has 0 saturated heterocycles. The number of carbonyl (C=O) groups excluding carboxylic acids is 1. The number of rotatable bonds is 6. The van der Waals surface area contributed by atoms with Crippen molar-refractivity contribution in [2.45, 2.75) is 25.3 Å². The number of aliphatic carboxylic acids is 1. The molecule has 1 saturated carbocycles. The molecule has 0 radical (unpaired) electrons. The van der Waals surface area contributed by atoms with Crippen LogP contribution in [-0.2, 0) is 4.79 Å². The number of anilines is 1. The van der Waals surface area contributed by atoms with Gasteiger partial charge in [-0.05, 0) is 25.0 Å². The Bertz CT molecular complexity index is 471. The molecule has 0 bridgehead atoms. The van der Waals surface area contributed by atoms with E-state index >= 15 is 0 Å². The number of aromatic nitrogens is 1. The maximum atomic E-state index is 11.1. The van der Waals surface area contributed by atoms with Crippen molar-refractivity contribution in [3.8, 4) is 0 Å². The van der Waals surface area contributed by atoms with Crippen molar-refractivity contribution in [3.05, 3.63) is 23.9 Å². The van der Waals surface area contributed by atoms with Crippen molar-refractivity contribution in [1.82, 2.24) is 4.98 Å². The molecule has 1 fully saturated rings. The second-order valence-corrected chi connectivity index (χ2v) is 4.31. The van der Waals surface area contributed by atoms with Gasteiger partial charge in [-0.1, -0.05) is 6.07 Å². The van der Waals surface area contributed by atoms with Crippen molar-refractivity contribution < 1.29 is 14.7 Å². The molecule has 1 aromatic heterocycles. The Morgan fingerprint density at radius 1 is 1.44 bits per heavy atom. The summed E-state index contributed by atoms with van der Waals surface area (Å²) in [5.74, 6) is -0.799. The molecule has 0 aromatic carbocycles. The number of carboxylic acids is 1. The second kappa shape index (κ2) is 5.03. The highest BCUT2D eigenvalue weighted by atomic mass is 16.4. The lowest BCUT2D eigenvalue weighted by Crippen LogP contribution is -2.29. The fraction of sp³-hybridized carbons (Fsp3) is 0.417. The first-order valence-corrected chi connectivity index (χ1v) is 5.83. The highest BCUT2D eigenvalue weighted by Gasteiger charge is 2.30. The Balaban J connectivity index is 2.16. The molecule has 96 valence electrons. The number of amides is 1. The standard InChI is InChI=1S/C12H15N3O3/c13-12(18)9-2-1-3-10(14-9)15(8-4-5-8)7-6-11(16)17/h1-3,8H,4-7H2,(H2,13,18)(H,16,17). The molecule has 0 spiro atoms. The van der Waals surface area contributed by atoms with Gasteiger partial charge in [0.1, 0.15) is 11.5 Å². The smallest absolute Gasteiger partial charge is 0.305 e. The van der Waals surface area contributed by atoms with Crippen LogP contribution in [0.1, 0.15) is 29.8 Å². The number of nitrogens with two attached hydrogens (primary N) is 1. The highest BCUT2D eigenvalue weighted by molar-refractivity contribution is 5.91. The normalized spacial score (nSPS) is 14.2. The molecule has 1 heterocycles. The van der Waals surface area contributed by atoms with Crippen molar-refractivity contribution >= 4 is 17.7 Å². The van der Waals surface area contributed by atoms with Crippen LogP contribution >= 0.6 is 0 Å². The van der Waals surface area contributed by atoms with Crippen LogP contribution in [-0.4, -0.2) is 34.6 Å². The van der Waals surface area contributed by atoms with Crippen LogP contribution < -0.4 is 10.6 Å². The van der Waals surface area contributed by atoms with E-state index in [0.717, 1.165) is 12.8 Å². The number of hydrogen-bond donors (Lipinski definition) is 2. The van der Waals surface area contributed by atoms with E-state index in [-0.39, 0.29) is 12.1 Å². The molecule has 6 heteroatoms. The predicted octanol–water partition coefficient (Wildman–Crippen LogP) is 0.624. The largest absolute Gasteiger partial charge is 0.481 e. The summed E-state index contributed by atoms with van der Waals surface area (Å²) >= 11 is 0. The third kappa shape index (κ3) is 2.97. The highest BCUT2D eigenvalue weighted by Crippen LogP contribution is 2.30. The average molecular weight is 249 g/mol. The first-order chi connectivity index (χ1) is 8.58. The number of carboxylic acid groups (broad SMARTS) is 1. The van der Waals surface area contributed by atoms with Gasteiger partial charge in [0.25, 0.3) is 5.91 Å². The summed E-state index contributed by atoms with van der Waals surface area (Å²) in [6.45, 7) is 0.398. The van der Waals surface area contributed by atoms with Crippen LogP contribution in [0.4, 0.5) is 5.82 Å². The zero-order valence-electron chi connectivity index (χ0n) is 9.87. The molecular formula is C12H15N3O3. The Labute approximate surface area is 104 Å². The van der Waals surface area contributed by atoms with Gasteiger partial charge in [0.15, 0.2) is 0 Å². The molecule has 18 heavy (non-hydrogen) atoms. The van der Waals surface area contributed by atoms with E-state index in [1.54, 1.807) is 18.2 Å². The Kier molecular flexibility index (Phi) is 3.45. The number of nitrogens with zero attached hydrogens (tertiary/aromatic N) is 2. The lowest BCUT2D eigenvalue weighted by Gasteiger charge is -2.22. The van der Waals surface area contributed by atoms with E-state index < -0.39 is 11.9 Å². The lowest BCUT2D eigenvalue weighted by atomic mass is 10.3. The number of primary amides is 1. The van der Waals surface area contributed by atoms with E-state index in [1.807, 2.05) is 4.90 Å². The summed E-state index contributed by atoms with van der Waals surface area (Å²) in [5, 5.41) is 8.73. The monoisotopic (exact) mass is 249 g/mol. The fourth-order valence-corrected chi connectivity index (χ4v) is 1.81. The van der Waals surface area contributed by atoms with E-state index in [0.29, 0.717) is 18.4 Å². The van der Waals surface area contributed by atoms with Gasteiger partial charge in [-0.3, -0.25) is 9.59 Å². The number of carbonyl (C=O) groups is 2. The van der Waals surface area contributed by atoms with Gasteiger partial charge < -0.3 is 15.7 Å². The summed E-state index contributed by atoms with van der Waals surface area (Å²) in [6.07, 6.45) is 2.11. The summed E-state index contributed by atoms with van der Waals surface area (Å²) in [4.78, 5) is 27.8. The second-order valence-electron chi connectivity index (χ2n) is 4.31. The Morgan fingerprint density at radius 3 is 2.72 bits per heavy atom. The van der Waals surface area contributed by atoms with Crippen LogP contribution in [0, 0.1) is 0 Å². The third-order valence-corrected chi connectivity index (χ3v) is 2.84. The van der Waals surface area contributed by atoms with Crippen molar-refractivity contribution in [1.29, 1.82) is 0 Å². The number of hydrogen-bond acceptors (Lipinski definition) is 4. The maximum Gasteiger partial charge on any atom is 0.305 e. The lowest BCUT2D eigenvalue weighted by molar-refractivity contribution is -0.136. The molecule has 1 amide bonds. The first kappa shape index (κ1) is 12.3. The van der Waals surface area contributed by atoms with Gasteiger partial charge in [-0.25, -0.2) is 4.98 Å². The van der Waals surface area contributed by atoms with E-state index in [9.17, 15) is 9.59 Å². The SMILES string of the molecule is NC(=O)c1cccc(N(CCC(=O)O)C2CC2)n1. The zero-order chi connectivity index (χ0) is 13.1. The summed E-state index contributed by atoms with van der Waals surface area (Å²) in [5.41, 5.74) is 5.38. The minimum atomic E-state index is -0.841. The predicted molar refractivity (Wildman–Crippen MR) is 65.4 cm³/mol. The third-order valence-electron chi connectivity index (χ3n) is 2.84. The molecule has 0 unspecified atom stereocenters. The van der Waals surface area contributed by atoms with Crippen LogP contribution in [0.2, 0.25) is 0 Å². The molecule has 1 aliphatic carbocycles. The number of pyridine rings is 1. The molecule has 2 rings (SSSR count). The fourth-order valence-electron chi connectivity index (χ4n) is 1.81. The van der Waals surface area contributed by atoms with Crippen LogP contribution in [0.25, 0.3) is 0 Å². The molecule has 3 N–H and O–H groups in total. The van der Waals surface area contributed by atoms with Crippen LogP contribution in [0.3, 0.4) is 0 Å². The zero-order valence-corrected chi connectivity index (χ0v) is 9.87. The molecule has 1 aliphatic rings. The Morgan fingerprint density at radius 2 is 2.17 bits per heavy atom. The maximum absolute atomic E-state index is 11.1. The molecule has 6 nitrogen and oxygen atoms in total. The van der Waals surface area contributed by atoms with Crippen LogP contribution in [0.15, 0.2) is 18.2 Å². The Hall–Kier alpha value is -2.11. The van der Waals surface area contributed by atoms with E-state index in [1.165, 1.54) is 0 Å². The van der Waals surface area contributed by atoms with Crippen molar-refractivity contribution in [2.75, 3.05) is 11.4 Å². The van der Waals surface area contributed by atoms with Gasteiger partial charge in [0, 0.05) is 12.6 Å². The van der Waals surface area contributed by atoms with E-state index in [4.69, 9.17) is 10.8 Å². The molecule has 0 aliphatic heterocycles. The van der Waals surface area contributed by atoms with Gasteiger partial charge in [-0.2, -0.15) is 0 Å². The molecular weight excluding hydrogens is 234 g/mol. The van der Waals surface area contributed by atoms with Crippen molar-refractivity contribution in [2.24, 2.45) is 5.73 Å². The van der Waals surface area contributed by atoms with Gasteiger partial charge in [-0.15, -0.1) is 0 Å². The minimum absolute atomic E-state index is 0.0545. The first-order valence-electron chi connectivity index (χ1n) is 5.83. The van der Waals surface area contributed by atoms with Gasteiger partial charge in [0.05, 0.1) is 6.42 Å². The summed E-state index contributed by atoms with van der Waals surface area (Å²) in [7, 11) is 0. The van der Waals surface area contributed by atoms with Crippen LogP contribution in [0.5, 0.6) is 0 Å². The molecule has 0 atom stereocenters. The minimum Gasteiger partial charge on any atom is -0.481 e. The average Bonchev–Trinajstić information content (AvgIpc) is 3.14. The quantitative estimate of drug-likeness (QED) is 0.770. The van der Waals surface area contributed by atoms with E-state index in [2.05, 4.69) is 4.98 Å².